The Labute approximate surface area is 207 Å². The fraction of sp³-hybridized carbons (Fsp3) is 0.759. The second kappa shape index (κ2) is 8.09. The molecule has 0 radical (unpaired) electrons. The minimum absolute atomic E-state index is 0.0156. The number of rotatable bonds is 4. The Hall–Kier alpha value is -1.82. The predicted octanol–water partition coefficient (Wildman–Crippen LogP) is 5.94. The van der Waals surface area contributed by atoms with Crippen LogP contribution in [0.1, 0.15) is 85.0 Å². The van der Waals surface area contributed by atoms with Gasteiger partial charge in [-0.25, -0.2) is 9.07 Å². The van der Waals surface area contributed by atoms with Crippen molar-refractivity contribution in [1.82, 2.24) is 15.0 Å². The van der Waals surface area contributed by atoms with Gasteiger partial charge in [-0.1, -0.05) is 25.1 Å². The summed E-state index contributed by atoms with van der Waals surface area (Å²) in [6, 6.07) is 4.78. The quantitative estimate of drug-likeness (QED) is 0.587. The maximum Gasteiger partial charge on any atom is 0.157 e. The minimum Gasteiger partial charge on any atom is -0.390 e. The molecule has 35 heavy (non-hydrogen) atoms. The molecular weight excluding hydrogens is 441 g/mol. The molecule has 1 heterocycles. The van der Waals surface area contributed by atoms with E-state index in [0.717, 1.165) is 44.4 Å². The highest BCUT2D eigenvalue weighted by molar-refractivity contribution is 5.84. The molecule has 8 atom stereocenters. The Morgan fingerprint density at radius 1 is 1.11 bits per heavy atom. The van der Waals surface area contributed by atoms with Gasteiger partial charge < -0.3 is 5.11 Å². The monoisotopic (exact) mass is 481 g/mol. The van der Waals surface area contributed by atoms with E-state index < -0.39 is 5.60 Å². The van der Waals surface area contributed by atoms with E-state index in [9.17, 15) is 14.3 Å². The van der Waals surface area contributed by atoms with Gasteiger partial charge in [0.05, 0.1) is 5.60 Å². The van der Waals surface area contributed by atoms with Crippen LogP contribution in [0.25, 0.3) is 11.0 Å². The number of Topliss-reactive ketones (excluding diaryl/α,β-unsaturated/α-hetero) is 1. The van der Waals surface area contributed by atoms with Crippen LogP contribution in [0.3, 0.4) is 0 Å². The van der Waals surface area contributed by atoms with E-state index in [2.05, 4.69) is 24.2 Å². The molecule has 4 aliphatic rings. The summed E-state index contributed by atoms with van der Waals surface area (Å²) in [5, 5.41) is 19.0. The van der Waals surface area contributed by atoms with Crippen molar-refractivity contribution in [1.29, 1.82) is 0 Å². The Balaban J connectivity index is 1.24. The zero-order chi connectivity index (χ0) is 24.6. The van der Waals surface area contributed by atoms with Crippen LogP contribution in [0.2, 0.25) is 0 Å². The third-order valence-electron chi connectivity index (χ3n) is 11.5. The van der Waals surface area contributed by atoms with E-state index in [1.54, 1.807) is 12.1 Å². The van der Waals surface area contributed by atoms with Crippen molar-refractivity contribution in [3.05, 3.63) is 24.0 Å². The minimum atomic E-state index is -0.505. The molecule has 0 saturated heterocycles. The first-order valence-corrected chi connectivity index (χ1v) is 13.9. The number of halogens is 1. The van der Waals surface area contributed by atoms with Crippen LogP contribution in [0, 0.1) is 46.2 Å². The number of carbonyl (C=O) groups excluding carboxylic acids is 1. The normalized spacial score (nSPS) is 42.9. The number of nitrogens with zero attached hydrogens (tertiary/aromatic N) is 3. The Bertz CT molecular complexity index is 1140. The van der Waals surface area contributed by atoms with Gasteiger partial charge in [-0.15, -0.1) is 5.10 Å². The summed E-state index contributed by atoms with van der Waals surface area (Å²) >= 11 is 0. The molecule has 4 fully saturated rings. The molecule has 5 nitrogen and oxygen atoms in total. The lowest BCUT2D eigenvalue weighted by Gasteiger charge is -2.63. The number of fused-ring (bicyclic) bond motifs is 6. The van der Waals surface area contributed by atoms with Crippen LogP contribution in [-0.4, -0.2) is 31.5 Å². The first-order valence-electron chi connectivity index (χ1n) is 13.9. The molecule has 0 bridgehead atoms. The van der Waals surface area contributed by atoms with E-state index in [1.165, 1.54) is 36.4 Å². The number of para-hydroxylation sites is 1. The van der Waals surface area contributed by atoms with Gasteiger partial charge in [-0.3, -0.25) is 4.79 Å². The second-order valence-electron chi connectivity index (χ2n) is 12.9. The molecule has 0 aliphatic heterocycles. The number of aliphatic hydroxyl groups is 1. The zero-order valence-corrected chi connectivity index (χ0v) is 21.5. The van der Waals surface area contributed by atoms with Gasteiger partial charge in [0.25, 0.3) is 0 Å². The van der Waals surface area contributed by atoms with Crippen molar-refractivity contribution in [2.75, 3.05) is 0 Å². The molecule has 0 spiro atoms. The molecule has 0 amide bonds. The molecule has 190 valence electrons. The summed E-state index contributed by atoms with van der Waals surface area (Å²) in [4.78, 5) is 13.7. The van der Waals surface area contributed by atoms with Gasteiger partial charge in [-0.05, 0) is 118 Å². The summed E-state index contributed by atoms with van der Waals surface area (Å²) in [5.74, 6) is 2.47. The largest absolute Gasteiger partial charge is 0.390 e. The van der Waals surface area contributed by atoms with Crippen molar-refractivity contribution in [2.24, 2.45) is 40.4 Å². The Morgan fingerprint density at radius 2 is 1.94 bits per heavy atom. The molecule has 4 saturated carbocycles. The standard InChI is InChI=1S/C29H40FN3O2/c1-4-29-15-14-27(2,35)16-18(29)8-9-19-20-10-11-22(28(20,3)13-12-21(19)29)25(34)17-33-26-23(30)6-5-7-24(26)31-32-33/h5-7,18-22,35H,4,8-17H2,1-3H3/t18-,19+,20+,21+,22-,27-,28+,29+/m1/s1. The lowest BCUT2D eigenvalue weighted by molar-refractivity contribution is -0.158. The highest BCUT2D eigenvalue weighted by Crippen LogP contribution is 2.69. The first-order chi connectivity index (χ1) is 16.7. The molecule has 6 rings (SSSR count). The number of aromatic nitrogens is 3. The fourth-order valence-electron chi connectivity index (χ4n) is 9.83. The molecule has 1 aromatic carbocycles. The van der Waals surface area contributed by atoms with Crippen molar-refractivity contribution >= 4 is 16.8 Å². The third kappa shape index (κ3) is 3.45. The van der Waals surface area contributed by atoms with Gasteiger partial charge in [0.2, 0.25) is 0 Å². The van der Waals surface area contributed by atoms with Crippen LogP contribution in [0.5, 0.6) is 0 Å². The number of hydrogen-bond donors (Lipinski definition) is 1. The fourth-order valence-corrected chi connectivity index (χ4v) is 9.83. The lowest BCUT2D eigenvalue weighted by Crippen LogP contribution is -2.56. The van der Waals surface area contributed by atoms with E-state index >= 15 is 0 Å². The summed E-state index contributed by atoms with van der Waals surface area (Å²) in [5.41, 5.74) is 0.721. The van der Waals surface area contributed by atoms with Crippen LogP contribution in [-0.2, 0) is 11.3 Å². The molecule has 1 aromatic heterocycles. The summed E-state index contributed by atoms with van der Waals surface area (Å²) in [6.45, 7) is 6.90. The van der Waals surface area contributed by atoms with Crippen LogP contribution < -0.4 is 0 Å². The Morgan fingerprint density at radius 3 is 2.74 bits per heavy atom. The van der Waals surface area contributed by atoms with Gasteiger partial charge in [0.15, 0.2) is 11.6 Å². The number of benzene rings is 1. The third-order valence-corrected chi connectivity index (χ3v) is 11.5. The smallest absolute Gasteiger partial charge is 0.157 e. The summed E-state index contributed by atoms with van der Waals surface area (Å²) < 4.78 is 15.9. The zero-order valence-electron chi connectivity index (χ0n) is 21.5. The van der Waals surface area contributed by atoms with Crippen molar-refractivity contribution in [3.63, 3.8) is 0 Å². The van der Waals surface area contributed by atoms with E-state index in [0.29, 0.717) is 34.2 Å². The van der Waals surface area contributed by atoms with Crippen LogP contribution in [0.15, 0.2) is 18.2 Å². The molecular formula is C29H40FN3O2. The van der Waals surface area contributed by atoms with Gasteiger partial charge in [0.1, 0.15) is 17.6 Å². The van der Waals surface area contributed by atoms with E-state index in [4.69, 9.17) is 0 Å². The average Bonchev–Trinajstić information content (AvgIpc) is 3.39. The van der Waals surface area contributed by atoms with Gasteiger partial charge in [-0.2, -0.15) is 0 Å². The van der Waals surface area contributed by atoms with Crippen molar-refractivity contribution in [2.45, 2.75) is 97.1 Å². The molecule has 1 N–H and O–H groups in total. The molecule has 4 aliphatic carbocycles. The van der Waals surface area contributed by atoms with Gasteiger partial charge in [0, 0.05) is 5.92 Å². The predicted molar refractivity (Wildman–Crippen MR) is 133 cm³/mol. The van der Waals surface area contributed by atoms with E-state index in [1.807, 2.05) is 6.92 Å². The molecule has 0 unspecified atom stereocenters. The SMILES string of the molecule is CC[C@]12CC[C@@](C)(O)C[C@H]1CC[C@H]1[C@@H]3CC[C@H](C(=O)Cn4nnc5cccc(F)c54)[C@@]3(C)CC[C@@H]12. The van der Waals surface area contributed by atoms with Gasteiger partial charge >= 0.3 is 0 Å². The summed E-state index contributed by atoms with van der Waals surface area (Å²) in [7, 11) is 0. The van der Waals surface area contributed by atoms with E-state index in [-0.39, 0.29) is 29.5 Å². The maximum absolute atomic E-state index is 14.5. The lowest BCUT2D eigenvalue weighted by atomic mass is 9.42. The number of ketones is 1. The topological polar surface area (TPSA) is 68.0 Å². The second-order valence-corrected chi connectivity index (χ2v) is 12.9. The summed E-state index contributed by atoms with van der Waals surface area (Å²) in [6.07, 6.45) is 11.1. The van der Waals surface area contributed by atoms with Crippen molar-refractivity contribution < 1.29 is 14.3 Å². The first kappa shape index (κ1) is 23.6. The number of carbonyl (C=O) groups is 1. The number of hydrogen-bond acceptors (Lipinski definition) is 4. The van der Waals surface area contributed by atoms with Crippen LogP contribution in [0.4, 0.5) is 4.39 Å². The average molecular weight is 482 g/mol. The maximum atomic E-state index is 14.5. The highest BCUT2D eigenvalue weighted by Gasteiger charge is 2.62. The highest BCUT2D eigenvalue weighted by atomic mass is 19.1. The molecule has 2 aromatic rings. The Kier molecular flexibility index (Phi) is 5.45. The van der Waals surface area contributed by atoms with Crippen LogP contribution >= 0.6 is 0 Å². The molecule has 6 heteroatoms. The van der Waals surface area contributed by atoms with Crippen molar-refractivity contribution in [3.8, 4) is 0 Å².